The molecule has 0 unspecified atom stereocenters. The zero-order valence-corrected chi connectivity index (χ0v) is 67.7. The van der Waals surface area contributed by atoms with Crippen LogP contribution in [0.3, 0.4) is 0 Å². The molecule has 8 rings (SSSR count). The van der Waals surface area contributed by atoms with Crippen molar-refractivity contribution in [3.8, 4) is 11.1 Å². The van der Waals surface area contributed by atoms with Crippen LogP contribution in [0.25, 0.3) is 11.1 Å². The molecule has 21 heteroatoms. The molecule has 0 spiro atoms. The fourth-order valence-corrected chi connectivity index (χ4v) is 22.0. The van der Waals surface area contributed by atoms with Crippen LogP contribution in [0.1, 0.15) is 148 Å². The molecule has 96 heavy (non-hydrogen) atoms. The molecule has 16 nitrogen and oxygen atoms in total. The summed E-state index contributed by atoms with van der Waals surface area (Å²) in [6, 6.07) is 35.8. The van der Waals surface area contributed by atoms with Gasteiger partial charge in [0.25, 0.3) is 8.32 Å². The highest BCUT2D eigenvalue weighted by Gasteiger charge is 2.62. The predicted molar refractivity (Wildman–Crippen MR) is 394 cm³/mol. The molecular weight excluding hydrogens is 1300 g/mol. The average Bonchev–Trinajstić information content (AvgIpc) is 1.04. The van der Waals surface area contributed by atoms with Crippen LogP contribution < -0.4 is 15.7 Å². The second-order valence-electron chi connectivity index (χ2n) is 34.7. The number of aliphatic carboxylic acids is 1. The SMILES string of the molecule is CC1(C)O[C@H]2[C@@H](O1)[C@@H](CO[Si](c1ccccc1)(c1ccccc1)C(C)(C)C)O[C@@H](OCCC[C@H](NC(=O)OCC1c3ccccc3-c3ccccc31)C(=O)O)[C@@H]2O[C@H]1O[C@H](CO[Si](C)(C)C(C)(C)C)[C@@H](O[Si](C)(C)C(C)(C)C)[C@H](O[Si](C)(C)C(C)(C)C)[C@H]1O[Si](C)(C)C(C)(C)C. The molecule has 3 aliphatic heterocycles. The van der Waals surface area contributed by atoms with Gasteiger partial charge >= 0.3 is 12.1 Å². The normalized spacial score (nSPS) is 25.0. The number of rotatable bonds is 25. The minimum absolute atomic E-state index is 0.00300. The maximum absolute atomic E-state index is 13.7. The van der Waals surface area contributed by atoms with Crippen molar-refractivity contribution in [1.29, 1.82) is 0 Å². The molecule has 11 atom stereocenters. The molecule has 3 saturated heterocycles. The quantitative estimate of drug-likeness (QED) is 0.0473. The third-order valence-electron chi connectivity index (χ3n) is 22.2. The molecule has 0 radical (unpaired) electrons. The smallest absolute Gasteiger partial charge is 0.407 e. The van der Waals surface area contributed by atoms with E-state index in [1.165, 1.54) is 0 Å². The summed E-state index contributed by atoms with van der Waals surface area (Å²) in [5.74, 6) is -2.55. The Hall–Kier alpha value is -3.74. The van der Waals surface area contributed by atoms with Gasteiger partial charge in [0.2, 0.25) is 0 Å². The van der Waals surface area contributed by atoms with Gasteiger partial charge in [-0.3, -0.25) is 0 Å². The van der Waals surface area contributed by atoms with E-state index in [1.807, 2.05) is 62.4 Å². The van der Waals surface area contributed by atoms with E-state index in [1.54, 1.807) is 0 Å². The Morgan fingerprint density at radius 1 is 0.510 bits per heavy atom. The van der Waals surface area contributed by atoms with Gasteiger partial charge < -0.3 is 65.7 Å². The lowest BCUT2D eigenvalue weighted by Gasteiger charge is -2.55. The highest BCUT2D eigenvalue weighted by molar-refractivity contribution is 6.99. The summed E-state index contributed by atoms with van der Waals surface area (Å²) in [6.45, 7) is 55.9. The van der Waals surface area contributed by atoms with Crippen LogP contribution in [-0.2, 0) is 60.1 Å². The number of nitrogens with one attached hydrogen (secondary N) is 1. The van der Waals surface area contributed by atoms with Gasteiger partial charge in [-0.25, -0.2) is 9.59 Å². The third-order valence-corrected chi connectivity index (χ3v) is 45.1. The first-order valence-corrected chi connectivity index (χ1v) is 48.5. The molecule has 0 aromatic heterocycles. The van der Waals surface area contributed by atoms with Crippen molar-refractivity contribution in [3.63, 3.8) is 0 Å². The molecule has 534 valence electrons. The average molecular weight is 1420 g/mol. The van der Waals surface area contributed by atoms with Crippen LogP contribution in [0.5, 0.6) is 0 Å². The number of carboxylic acids is 1. The number of hydrogen-bond donors (Lipinski definition) is 2. The summed E-state index contributed by atoms with van der Waals surface area (Å²) in [7, 11) is -13.7. The highest BCUT2D eigenvalue weighted by Crippen LogP contribution is 2.50. The number of fused-ring (bicyclic) bond motifs is 4. The minimum Gasteiger partial charge on any atom is -0.480 e. The Labute approximate surface area is 581 Å². The summed E-state index contributed by atoms with van der Waals surface area (Å²) in [6.07, 6.45) is -9.29. The van der Waals surface area contributed by atoms with Crippen LogP contribution in [-0.4, -0.2) is 158 Å². The van der Waals surface area contributed by atoms with Crippen molar-refractivity contribution < 1.29 is 70.0 Å². The maximum atomic E-state index is 13.7. The lowest BCUT2D eigenvalue weighted by Crippen LogP contribution is -2.70. The van der Waals surface area contributed by atoms with Crippen molar-refractivity contribution in [2.24, 2.45) is 0 Å². The first-order valence-electron chi connectivity index (χ1n) is 34.9. The molecular formula is C75H119NO15Si5. The van der Waals surface area contributed by atoms with Gasteiger partial charge in [0.15, 0.2) is 51.6 Å². The van der Waals surface area contributed by atoms with Gasteiger partial charge in [0, 0.05) is 12.5 Å². The largest absolute Gasteiger partial charge is 0.480 e. The van der Waals surface area contributed by atoms with Crippen molar-refractivity contribution in [2.45, 2.75) is 287 Å². The summed E-state index contributed by atoms with van der Waals surface area (Å²) in [5.41, 5.74) is 4.28. The molecule has 4 aromatic carbocycles. The number of alkyl carbamates (subject to hydrolysis) is 1. The van der Waals surface area contributed by atoms with Crippen LogP contribution in [0, 0.1) is 0 Å². The fourth-order valence-electron chi connectivity index (χ4n) is 12.5. The monoisotopic (exact) mass is 1410 g/mol. The van der Waals surface area contributed by atoms with Gasteiger partial charge in [-0.05, 0) is 137 Å². The fraction of sp³-hybridized carbons (Fsp3) is 0.653. The first kappa shape index (κ1) is 78.0. The molecule has 4 aliphatic rings. The summed E-state index contributed by atoms with van der Waals surface area (Å²) >= 11 is 0. The van der Waals surface area contributed by atoms with Crippen molar-refractivity contribution in [1.82, 2.24) is 5.32 Å². The zero-order chi connectivity index (χ0) is 71.2. The van der Waals surface area contributed by atoms with Crippen molar-refractivity contribution in [2.75, 3.05) is 26.4 Å². The molecule has 3 heterocycles. The molecule has 1 aliphatic carbocycles. The molecule has 4 aromatic rings. The van der Waals surface area contributed by atoms with E-state index in [-0.39, 0.29) is 70.4 Å². The Balaban J connectivity index is 1.19. The second-order valence-corrected chi connectivity index (χ2v) is 58.1. The van der Waals surface area contributed by atoms with Crippen LogP contribution in [0.15, 0.2) is 109 Å². The number of carbonyl (C=O) groups excluding carboxylic acids is 1. The number of amides is 1. The van der Waals surface area contributed by atoms with Crippen molar-refractivity contribution >= 4 is 64.0 Å². The van der Waals surface area contributed by atoms with Gasteiger partial charge in [0.05, 0.1) is 13.2 Å². The number of carbonyl (C=O) groups is 2. The minimum atomic E-state index is -3.18. The van der Waals surface area contributed by atoms with E-state index < -0.39 is 127 Å². The van der Waals surface area contributed by atoms with E-state index in [9.17, 15) is 14.7 Å². The van der Waals surface area contributed by atoms with Gasteiger partial charge in [-0.2, -0.15) is 0 Å². The van der Waals surface area contributed by atoms with Gasteiger partial charge in [-0.15, -0.1) is 0 Å². The number of hydrogen-bond acceptors (Lipinski definition) is 14. The van der Waals surface area contributed by atoms with Crippen LogP contribution in [0.4, 0.5) is 4.79 Å². The maximum Gasteiger partial charge on any atom is 0.407 e. The van der Waals surface area contributed by atoms with Crippen LogP contribution in [0.2, 0.25) is 77.6 Å². The Bertz CT molecular complexity index is 3160. The first-order chi connectivity index (χ1) is 44.2. The molecule has 1 amide bonds. The summed E-state index contributed by atoms with van der Waals surface area (Å²) < 4.78 is 88.2. The topological polar surface area (TPSA) is 177 Å². The number of benzene rings is 4. The van der Waals surface area contributed by atoms with Gasteiger partial charge in [-0.1, -0.05) is 213 Å². The van der Waals surface area contributed by atoms with E-state index in [2.05, 4.69) is 222 Å². The second kappa shape index (κ2) is 29.3. The van der Waals surface area contributed by atoms with E-state index in [4.69, 9.17) is 55.3 Å². The molecule has 0 bridgehead atoms. The lowest BCUT2D eigenvalue weighted by molar-refractivity contribution is -0.355. The Morgan fingerprint density at radius 2 is 0.948 bits per heavy atom. The number of carboxylic acid groups (broad SMARTS) is 1. The summed E-state index contributed by atoms with van der Waals surface area (Å²) in [5, 5.41) is 14.4. The summed E-state index contributed by atoms with van der Waals surface area (Å²) in [4.78, 5) is 26.8. The van der Waals surface area contributed by atoms with Crippen molar-refractivity contribution in [3.05, 3.63) is 120 Å². The Morgan fingerprint density at radius 3 is 1.43 bits per heavy atom. The molecule has 3 fully saturated rings. The number of ether oxygens (including phenoxy) is 7. The highest BCUT2D eigenvalue weighted by atomic mass is 28.4. The Kier molecular flexibility index (Phi) is 23.8. The van der Waals surface area contributed by atoms with E-state index in [0.29, 0.717) is 0 Å². The van der Waals surface area contributed by atoms with E-state index in [0.717, 1.165) is 32.6 Å². The lowest BCUT2D eigenvalue weighted by atomic mass is 9.97. The van der Waals surface area contributed by atoms with Crippen LogP contribution >= 0.6 is 0 Å². The molecule has 0 saturated carbocycles. The van der Waals surface area contributed by atoms with E-state index >= 15 is 0 Å². The third kappa shape index (κ3) is 17.2. The van der Waals surface area contributed by atoms with Gasteiger partial charge in [0.1, 0.15) is 61.5 Å². The predicted octanol–water partition coefficient (Wildman–Crippen LogP) is 15.9. The standard InChI is InChI=1S/C75H119NO15Si5/c1-70(2,3)92(18,19)82-48-59-61(89-93(20,21)71(4,5)6)63(90-94(22,23)72(7,8)9)65(91-95(24,25)73(10,11)12)68(85-59)86-64-62-60(87-75(16,17)88-62)58(49-83-96(74(13,14)15,50-37-28-26-29-38-50)51-39-30-27-31-40-51)84-67(64)80-46-36-45-57(66(77)78)76-69(79)81-47-56-54-43-34-32-41-52(54)53-42-33-35-44-55(53)56/h26-35,37-44,56-65,67-68H,36,45-49H2,1-25H3,(H,76,79)(H,77,78)/t57-,58+,59+,60-,61+,62-,63-,64+,65+,67+,68+/m0/s1. The molecule has 2 N–H and O–H groups in total. The zero-order valence-electron chi connectivity index (χ0n) is 62.7.